The Morgan fingerprint density at radius 2 is 1.86 bits per heavy atom. The van der Waals surface area contributed by atoms with Crippen LogP contribution in [0.3, 0.4) is 0 Å². The van der Waals surface area contributed by atoms with Crippen LogP contribution >= 0.6 is 0 Å². The van der Waals surface area contributed by atoms with Crippen molar-refractivity contribution in [1.29, 1.82) is 0 Å². The molecule has 2 aromatic carbocycles. The number of hydrogen-bond donors (Lipinski definition) is 1. The molecule has 108 valence electrons. The molecule has 0 aromatic heterocycles. The largest absolute Gasteiger partial charge is 0.478 e. The zero-order chi connectivity index (χ0) is 15.6. The van der Waals surface area contributed by atoms with Crippen molar-refractivity contribution >= 4 is 11.7 Å². The highest BCUT2D eigenvalue weighted by Crippen LogP contribution is 2.30. The highest BCUT2D eigenvalue weighted by molar-refractivity contribution is 5.91. The first kappa shape index (κ1) is 14.7. The summed E-state index contributed by atoms with van der Waals surface area (Å²) in [6.07, 6.45) is 0.357. The zero-order valence-corrected chi connectivity index (χ0v) is 11.8. The Morgan fingerprint density at radius 3 is 2.38 bits per heavy atom. The van der Waals surface area contributed by atoms with Crippen molar-refractivity contribution in [2.75, 3.05) is 0 Å². The molecule has 0 aliphatic carbocycles. The molecule has 21 heavy (non-hydrogen) atoms. The number of nitrogens with zero attached hydrogens (tertiary/aromatic N) is 1. The Hall–Kier alpha value is -2.69. The number of hydrogen-bond acceptors (Lipinski definition) is 3. The second kappa shape index (κ2) is 5.75. The topological polar surface area (TPSA) is 80.4 Å². The molecule has 2 rings (SSSR count). The van der Waals surface area contributed by atoms with E-state index in [2.05, 4.69) is 0 Å². The van der Waals surface area contributed by atoms with E-state index in [9.17, 15) is 20.0 Å². The number of carboxylic acid groups (broad SMARTS) is 1. The van der Waals surface area contributed by atoms with E-state index >= 15 is 0 Å². The van der Waals surface area contributed by atoms with E-state index in [4.69, 9.17) is 0 Å². The van der Waals surface area contributed by atoms with Gasteiger partial charge in [-0.05, 0) is 37.5 Å². The second-order valence-electron chi connectivity index (χ2n) is 4.92. The summed E-state index contributed by atoms with van der Waals surface area (Å²) in [6, 6.07) is 10.7. The van der Waals surface area contributed by atoms with Crippen molar-refractivity contribution in [2.24, 2.45) is 0 Å². The minimum Gasteiger partial charge on any atom is -0.478 e. The predicted octanol–water partition coefficient (Wildman–Crippen LogP) is 3.50. The molecule has 2 aromatic rings. The van der Waals surface area contributed by atoms with Crippen LogP contribution in [-0.2, 0) is 6.42 Å². The van der Waals surface area contributed by atoms with Crippen molar-refractivity contribution in [3.05, 3.63) is 74.3 Å². The predicted molar refractivity (Wildman–Crippen MR) is 78.8 cm³/mol. The summed E-state index contributed by atoms with van der Waals surface area (Å²) >= 11 is 0. The van der Waals surface area contributed by atoms with Crippen molar-refractivity contribution < 1.29 is 14.8 Å². The number of nitro benzene ring substituents is 1. The molecule has 5 heteroatoms. The van der Waals surface area contributed by atoms with Gasteiger partial charge >= 0.3 is 5.97 Å². The van der Waals surface area contributed by atoms with Crippen LogP contribution in [-0.4, -0.2) is 16.0 Å². The number of carboxylic acids is 1. The fraction of sp³-hybridized carbons (Fsp3) is 0.188. The van der Waals surface area contributed by atoms with Crippen molar-refractivity contribution in [2.45, 2.75) is 20.3 Å². The smallest absolute Gasteiger partial charge is 0.336 e. The number of rotatable bonds is 4. The summed E-state index contributed by atoms with van der Waals surface area (Å²) in [5.74, 6) is -1.07. The molecule has 0 atom stereocenters. The van der Waals surface area contributed by atoms with Crippen LogP contribution in [0.15, 0.2) is 36.4 Å². The fourth-order valence-electron chi connectivity index (χ4n) is 2.51. The summed E-state index contributed by atoms with van der Waals surface area (Å²) in [5, 5.41) is 20.5. The van der Waals surface area contributed by atoms with Crippen molar-refractivity contribution in [1.82, 2.24) is 0 Å². The lowest BCUT2D eigenvalue weighted by atomic mass is 9.92. The minimum atomic E-state index is -1.07. The molecule has 1 N–H and O–H groups in total. The van der Waals surface area contributed by atoms with E-state index < -0.39 is 10.9 Å². The van der Waals surface area contributed by atoms with Crippen LogP contribution < -0.4 is 0 Å². The number of carbonyl (C=O) groups is 1. The molecule has 0 amide bonds. The van der Waals surface area contributed by atoms with Gasteiger partial charge in [0.25, 0.3) is 5.69 Å². The van der Waals surface area contributed by atoms with Crippen molar-refractivity contribution in [3.63, 3.8) is 0 Å². The number of benzene rings is 2. The molecule has 0 saturated heterocycles. The number of aryl methyl sites for hydroxylation is 1. The monoisotopic (exact) mass is 285 g/mol. The third-order valence-corrected chi connectivity index (χ3v) is 3.50. The van der Waals surface area contributed by atoms with E-state index in [0.29, 0.717) is 23.1 Å². The van der Waals surface area contributed by atoms with E-state index in [1.54, 1.807) is 13.8 Å². The molecular weight excluding hydrogens is 270 g/mol. The van der Waals surface area contributed by atoms with Gasteiger partial charge in [-0.15, -0.1) is 0 Å². The third-order valence-electron chi connectivity index (χ3n) is 3.50. The van der Waals surface area contributed by atoms with E-state index in [1.165, 1.54) is 6.07 Å². The van der Waals surface area contributed by atoms with Gasteiger partial charge in [-0.2, -0.15) is 0 Å². The van der Waals surface area contributed by atoms with Crippen molar-refractivity contribution in [3.8, 4) is 0 Å². The standard InChI is InChI=1S/C16H15NO4/c1-10-8-14(16(18)19)13(11(2)15(10)17(20)21)9-12-6-4-3-5-7-12/h3-8H,9H2,1-2H3,(H,18,19). The van der Waals surface area contributed by atoms with Crippen LogP contribution in [0.1, 0.15) is 32.6 Å². The van der Waals surface area contributed by atoms with Gasteiger partial charge in [0.15, 0.2) is 0 Å². The van der Waals surface area contributed by atoms with E-state index in [0.717, 1.165) is 5.56 Å². The van der Waals surface area contributed by atoms with Crippen LogP contribution in [0.5, 0.6) is 0 Å². The summed E-state index contributed by atoms with van der Waals surface area (Å²) in [7, 11) is 0. The zero-order valence-electron chi connectivity index (χ0n) is 11.8. The number of nitro groups is 1. The molecule has 0 heterocycles. The maximum absolute atomic E-state index is 11.4. The van der Waals surface area contributed by atoms with Gasteiger partial charge in [0.1, 0.15) is 0 Å². The summed E-state index contributed by atoms with van der Waals surface area (Å²) in [4.78, 5) is 22.2. The molecule has 0 saturated carbocycles. The third kappa shape index (κ3) is 2.91. The number of aromatic carboxylic acids is 1. The first-order chi connectivity index (χ1) is 9.91. The van der Waals surface area contributed by atoms with Gasteiger partial charge in [0, 0.05) is 11.1 Å². The van der Waals surface area contributed by atoms with Gasteiger partial charge in [0.05, 0.1) is 10.5 Å². The summed E-state index contributed by atoms with van der Waals surface area (Å²) < 4.78 is 0. The highest BCUT2D eigenvalue weighted by Gasteiger charge is 2.23. The normalized spacial score (nSPS) is 10.4. The maximum Gasteiger partial charge on any atom is 0.336 e. The Bertz CT molecular complexity index is 708. The van der Waals surface area contributed by atoms with Gasteiger partial charge in [0.2, 0.25) is 0 Å². The fourth-order valence-corrected chi connectivity index (χ4v) is 2.51. The highest BCUT2D eigenvalue weighted by atomic mass is 16.6. The van der Waals surface area contributed by atoms with Crippen LogP contribution in [0.2, 0.25) is 0 Å². The van der Waals surface area contributed by atoms with Gasteiger partial charge in [-0.3, -0.25) is 10.1 Å². The molecule has 0 aliphatic rings. The molecule has 0 spiro atoms. The Balaban J connectivity index is 2.64. The van der Waals surface area contributed by atoms with Crippen LogP contribution in [0, 0.1) is 24.0 Å². The van der Waals surface area contributed by atoms with E-state index in [1.807, 2.05) is 30.3 Å². The van der Waals surface area contributed by atoms with Crippen LogP contribution in [0.4, 0.5) is 5.69 Å². The molecular formula is C16H15NO4. The average Bonchev–Trinajstić information content (AvgIpc) is 2.42. The first-order valence-corrected chi connectivity index (χ1v) is 6.46. The lowest BCUT2D eigenvalue weighted by Crippen LogP contribution is -2.09. The average molecular weight is 285 g/mol. The molecule has 0 radical (unpaired) electrons. The Morgan fingerprint density at radius 1 is 1.24 bits per heavy atom. The minimum absolute atomic E-state index is 0.00840. The van der Waals surface area contributed by atoms with Crippen LogP contribution in [0.25, 0.3) is 0 Å². The first-order valence-electron chi connectivity index (χ1n) is 6.46. The lowest BCUT2D eigenvalue weighted by Gasteiger charge is -2.12. The lowest BCUT2D eigenvalue weighted by molar-refractivity contribution is -0.386. The second-order valence-corrected chi connectivity index (χ2v) is 4.92. The Labute approximate surface area is 122 Å². The van der Waals surface area contributed by atoms with E-state index in [-0.39, 0.29) is 11.3 Å². The summed E-state index contributed by atoms with van der Waals surface area (Å²) in [5.41, 5.74) is 2.31. The summed E-state index contributed by atoms with van der Waals surface area (Å²) in [6.45, 7) is 3.17. The SMILES string of the molecule is Cc1cc(C(=O)O)c(Cc2ccccc2)c(C)c1[N+](=O)[O-]. The molecule has 0 bridgehead atoms. The molecule has 0 aliphatic heterocycles. The molecule has 5 nitrogen and oxygen atoms in total. The Kier molecular flexibility index (Phi) is 4.03. The van der Waals surface area contributed by atoms with Gasteiger partial charge in [-0.25, -0.2) is 4.79 Å². The maximum atomic E-state index is 11.4. The quantitative estimate of drug-likeness (QED) is 0.688. The van der Waals surface area contributed by atoms with Gasteiger partial charge < -0.3 is 5.11 Å². The molecule has 0 unspecified atom stereocenters. The van der Waals surface area contributed by atoms with Gasteiger partial charge in [-0.1, -0.05) is 30.3 Å². The molecule has 0 fully saturated rings.